The zero-order valence-electron chi connectivity index (χ0n) is 12.0. The second-order valence-electron chi connectivity index (χ2n) is 5.19. The highest BCUT2D eigenvalue weighted by Gasteiger charge is 2.29. The van der Waals surface area contributed by atoms with Gasteiger partial charge in [0.15, 0.2) is 0 Å². The van der Waals surface area contributed by atoms with E-state index in [0.29, 0.717) is 0 Å². The van der Waals surface area contributed by atoms with Crippen LogP contribution in [0, 0.1) is 0 Å². The molecule has 21 heavy (non-hydrogen) atoms. The molecule has 0 bridgehead atoms. The van der Waals surface area contributed by atoms with Crippen molar-refractivity contribution in [3.63, 3.8) is 0 Å². The predicted octanol–water partition coefficient (Wildman–Crippen LogP) is 3.21. The SMILES string of the molecule is CC(=O)N1NC(=C2C=CC=C2)CC1/C=C/c1ccccc1. The number of hydrogen-bond acceptors (Lipinski definition) is 2. The largest absolute Gasteiger partial charge is 0.299 e. The van der Waals surface area contributed by atoms with Gasteiger partial charge in [0.25, 0.3) is 0 Å². The molecule has 1 fully saturated rings. The lowest BCUT2D eigenvalue weighted by Gasteiger charge is -2.19. The highest BCUT2D eigenvalue weighted by atomic mass is 16.2. The van der Waals surface area contributed by atoms with Gasteiger partial charge in [-0.3, -0.25) is 10.2 Å². The van der Waals surface area contributed by atoms with Crippen LogP contribution in [0.1, 0.15) is 18.9 Å². The van der Waals surface area contributed by atoms with Gasteiger partial charge in [-0.05, 0) is 11.1 Å². The molecule has 0 radical (unpaired) electrons. The first-order chi connectivity index (χ1) is 10.2. The molecule has 1 aromatic carbocycles. The van der Waals surface area contributed by atoms with Crippen LogP contribution >= 0.6 is 0 Å². The fourth-order valence-corrected chi connectivity index (χ4v) is 2.58. The quantitative estimate of drug-likeness (QED) is 0.901. The number of hydrazine groups is 1. The van der Waals surface area contributed by atoms with Gasteiger partial charge in [0.2, 0.25) is 5.91 Å². The van der Waals surface area contributed by atoms with Gasteiger partial charge in [-0.25, -0.2) is 5.01 Å². The molecule has 0 spiro atoms. The fraction of sp³-hybridized carbons (Fsp3) is 0.167. The maximum Gasteiger partial charge on any atom is 0.238 e. The lowest BCUT2D eigenvalue weighted by atomic mass is 10.1. The van der Waals surface area contributed by atoms with Crippen molar-refractivity contribution in [2.24, 2.45) is 0 Å². The lowest BCUT2D eigenvalue weighted by molar-refractivity contribution is -0.131. The molecule has 106 valence electrons. The van der Waals surface area contributed by atoms with E-state index >= 15 is 0 Å². The molecule has 1 aliphatic heterocycles. The first kappa shape index (κ1) is 13.4. The minimum absolute atomic E-state index is 0.0271. The number of nitrogens with one attached hydrogen (secondary N) is 1. The third-order valence-electron chi connectivity index (χ3n) is 3.66. The Hall–Kier alpha value is -2.55. The molecule has 3 rings (SSSR count). The van der Waals surface area contributed by atoms with Gasteiger partial charge in [0.1, 0.15) is 0 Å². The van der Waals surface area contributed by atoms with Crippen LogP contribution in [-0.4, -0.2) is 17.0 Å². The number of hydrogen-bond donors (Lipinski definition) is 1. The van der Waals surface area contributed by atoms with Gasteiger partial charge < -0.3 is 0 Å². The highest BCUT2D eigenvalue weighted by molar-refractivity contribution is 5.74. The fourth-order valence-electron chi connectivity index (χ4n) is 2.58. The summed E-state index contributed by atoms with van der Waals surface area (Å²) < 4.78 is 0. The van der Waals surface area contributed by atoms with Gasteiger partial charge in [0, 0.05) is 19.0 Å². The Balaban J connectivity index is 1.81. The number of carbonyl (C=O) groups is 1. The third kappa shape index (κ3) is 2.97. The Labute approximate surface area is 124 Å². The van der Waals surface area contributed by atoms with Gasteiger partial charge >= 0.3 is 0 Å². The van der Waals surface area contributed by atoms with Crippen LogP contribution < -0.4 is 5.43 Å². The summed E-state index contributed by atoms with van der Waals surface area (Å²) in [5, 5.41) is 1.70. The van der Waals surface area contributed by atoms with Gasteiger partial charge in [-0.15, -0.1) is 0 Å². The zero-order valence-corrected chi connectivity index (χ0v) is 12.0. The van der Waals surface area contributed by atoms with Crippen LogP contribution in [0.15, 0.2) is 72.0 Å². The average molecular weight is 278 g/mol. The molecule has 1 unspecified atom stereocenters. The summed E-state index contributed by atoms with van der Waals surface area (Å²) in [5.41, 5.74) is 6.61. The summed E-state index contributed by atoms with van der Waals surface area (Å²) in [6.45, 7) is 1.59. The van der Waals surface area contributed by atoms with Crippen molar-refractivity contribution >= 4 is 12.0 Å². The molecule has 3 heteroatoms. The minimum atomic E-state index is 0.0271. The van der Waals surface area contributed by atoms with Crippen molar-refractivity contribution in [3.05, 3.63) is 77.5 Å². The zero-order chi connectivity index (χ0) is 14.7. The molecule has 0 aromatic heterocycles. The van der Waals surface area contributed by atoms with Crippen LogP contribution in [0.3, 0.4) is 0 Å². The van der Waals surface area contributed by atoms with E-state index < -0.39 is 0 Å². The second kappa shape index (κ2) is 5.83. The van der Waals surface area contributed by atoms with Crippen LogP contribution in [0.2, 0.25) is 0 Å². The molecule has 1 heterocycles. The van der Waals surface area contributed by atoms with E-state index in [-0.39, 0.29) is 11.9 Å². The summed E-state index contributed by atoms with van der Waals surface area (Å²) in [5.74, 6) is 0.0271. The van der Waals surface area contributed by atoms with Crippen LogP contribution in [0.25, 0.3) is 6.08 Å². The normalized spacial score (nSPS) is 20.6. The van der Waals surface area contributed by atoms with E-state index in [1.807, 2.05) is 30.4 Å². The van der Waals surface area contributed by atoms with Gasteiger partial charge in [0.05, 0.1) is 6.04 Å². The van der Waals surface area contributed by atoms with E-state index in [1.165, 1.54) is 0 Å². The van der Waals surface area contributed by atoms with E-state index in [0.717, 1.165) is 23.3 Å². The van der Waals surface area contributed by atoms with Crippen molar-refractivity contribution in [2.45, 2.75) is 19.4 Å². The Morgan fingerprint density at radius 2 is 1.95 bits per heavy atom. The van der Waals surface area contributed by atoms with Crippen LogP contribution in [0.4, 0.5) is 0 Å². The highest BCUT2D eigenvalue weighted by Crippen LogP contribution is 2.25. The summed E-state index contributed by atoms with van der Waals surface area (Å²) in [7, 11) is 0. The molecule has 0 saturated carbocycles. The van der Waals surface area contributed by atoms with E-state index in [2.05, 4.69) is 41.9 Å². The standard InChI is InChI=1S/C18H18N2O/c1-14(21)20-17(12-11-15-7-3-2-4-8-15)13-18(19-20)16-9-5-6-10-16/h2-12,17,19H,13H2,1H3/b12-11+. The summed E-state index contributed by atoms with van der Waals surface area (Å²) in [6.07, 6.45) is 13.1. The van der Waals surface area contributed by atoms with Crippen molar-refractivity contribution in [1.82, 2.24) is 10.4 Å². The molecule has 1 atom stereocenters. The number of rotatable bonds is 2. The van der Waals surface area contributed by atoms with Crippen LogP contribution in [0.5, 0.6) is 0 Å². The summed E-state index contributed by atoms with van der Waals surface area (Å²) in [4.78, 5) is 11.8. The molecule has 3 nitrogen and oxygen atoms in total. The average Bonchev–Trinajstić information content (AvgIpc) is 3.15. The van der Waals surface area contributed by atoms with Crippen molar-refractivity contribution in [2.75, 3.05) is 0 Å². The predicted molar refractivity (Wildman–Crippen MR) is 84.8 cm³/mol. The molecule has 1 aliphatic carbocycles. The smallest absolute Gasteiger partial charge is 0.238 e. The minimum Gasteiger partial charge on any atom is -0.299 e. The maximum absolute atomic E-state index is 11.8. The van der Waals surface area contributed by atoms with Crippen molar-refractivity contribution in [1.29, 1.82) is 0 Å². The first-order valence-electron chi connectivity index (χ1n) is 7.11. The Bertz CT molecular complexity index is 639. The molecular weight excluding hydrogens is 260 g/mol. The van der Waals surface area contributed by atoms with E-state index in [4.69, 9.17) is 0 Å². The van der Waals surface area contributed by atoms with Crippen LogP contribution in [-0.2, 0) is 4.79 Å². The number of amides is 1. The molecule has 1 N–H and O–H groups in total. The summed E-state index contributed by atoms with van der Waals surface area (Å²) in [6, 6.07) is 10.2. The number of benzene rings is 1. The van der Waals surface area contributed by atoms with Gasteiger partial charge in [-0.2, -0.15) is 0 Å². The van der Waals surface area contributed by atoms with Crippen molar-refractivity contribution in [3.8, 4) is 0 Å². The molecule has 1 aromatic rings. The number of allylic oxidation sites excluding steroid dienone is 5. The van der Waals surface area contributed by atoms with Crippen molar-refractivity contribution < 1.29 is 4.79 Å². The molecule has 2 aliphatic rings. The topological polar surface area (TPSA) is 32.3 Å². The first-order valence-corrected chi connectivity index (χ1v) is 7.11. The number of carbonyl (C=O) groups excluding carboxylic acids is 1. The lowest BCUT2D eigenvalue weighted by Crippen LogP contribution is -2.39. The van der Waals surface area contributed by atoms with E-state index in [9.17, 15) is 4.79 Å². The number of nitrogens with zero attached hydrogens (tertiary/aromatic N) is 1. The van der Waals surface area contributed by atoms with E-state index in [1.54, 1.807) is 11.9 Å². The molecule has 1 saturated heterocycles. The Morgan fingerprint density at radius 1 is 1.24 bits per heavy atom. The second-order valence-corrected chi connectivity index (χ2v) is 5.19. The maximum atomic E-state index is 11.8. The third-order valence-corrected chi connectivity index (χ3v) is 3.66. The summed E-state index contributed by atoms with van der Waals surface area (Å²) >= 11 is 0. The molecule has 1 amide bonds. The monoisotopic (exact) mass is 278 g/mol. The Kier molecular flexibility index (Phi) is 3.73. The van der Waals surface area contributed by atoms with Gasteiger partial charge in [-0.1, -0.05) is 66.8 Å². The molecular formula is C18H18N2O. The Morgan fingerprint density at radius 3 is 2.62 bits per heavy atom.